The Morgan fingerprint density at radius 2 is 2.08 bits per heavy atom. The predicted molar refractivity (Wildman–Crippen MR) is 134 cm³/mol. The van der Waals surface area contributed by atoms with Crippen LogP contribution in [0.1, 0.15) is 35.4 Å². The number of carbonyl (C=O) groups is 4. The molecule has 19 heteroatoms. The molecule has 2 fully saturated rings. The van der Waals surface area contributed by atoms with Crippen LogP contribution in [-0.2, 0) is 19.2 Å². The maximum Gasteiger partial charge on any atom is 0.350 e. The van der Waals surface area contributed by atoms with Crippen molar-refractivity contribution in [3.05, 3.63) is 39.3 Å². The number of pyridine rings is 1. The Bertz CT molecular complexity index is 1420. The van der Waals surface area contributed by atoms with Crippen LogP contribution in [0.4, 0.5) is 5.13 Å². The second-order valence-electron chi connectivity index (χ2n) is 8.49. The summed E-state index contributed by atoms with van der Waals surface area (Å²) >= 11 is 1.28. The van der Waals surface area contributed by atoms with Gasteiger partial charge in [0.1, 0.15) is 17.4 Å². The van der Waals surface area contributed by atoms with Crippen LogP contribution in [0.15, 0.2) is 27.6 Å². The van der Waals surface area contributed by atoms with Crippen molar-refractivity contribution in [2.75, 3.05) is 12.3 Å². The van der Waals surface area contributed by atoms with Gasteiger partial charge in [0.2, 0.25) is 11.0 Å². The highest BCUT2D eigenvalue weighted by atomic mass is 32.2. The van der Waals surface area contributed by atoms with E-state index < -0.39 is 64.0 Å². The number of rotatable bonds is 10. The zero-order valence-corrected chi connectivity index (χ0v) is 21.3. The average molecular weight is 585 g/mol. The van der Waals surface area contributed by atoms with Gasteiger partial charge < -0.3 is 41.2 Å². The van der Waals surface area contributed by atoms with Crippen molar-refractivity contribution < 1.29 is 44.0 Å². The number of β-lactam (4-membered cyclic amide) rings is 1. The summed E-state index contributed by atoms with van der Waals surface area (Å²) < 4.78 is 8.72. The molecule has 3 amide bonds. The third-order valence-corrected chi connectivity index (χ3v) is 7.43. The van der Waals surface area contributed by atoms with Crippen molar-refractivity contribution in [2.45, 2.75) is 36.9 Å². The first-order valence-corrected chi connectivity index (χ1v) is 12.7. The van der Waals surface area contributed by atoms with E-state index in [4.69, 9.17) is 15.1 Å². The van der Waals surface area contributed by atoms with E-state index in [1.165, 1.54) is 5.38 Å². The number of nitrogens with two attached hydrogens (primary N) is 1. The Balaban J connectivity index is 1.50. The predicted octanol–water partition coefficient (Wildman–Crippen LogP) is -2.03. The monoisotopic (exact) mass is 584 g/mol. The highest BCUT2D eigenvalue weighted by Gasteiger charge is 2.52. The van der Waals surface area contributed by atoms with E-state index in [0.29, 0.717) is 30.9 Å². The molecule has 2 atom stereocenters. The summed E-state index contributed by atoms with van der Waals surface area (Å²) in [6, 6.07) is -1.49. The van der Waals surface area contributed by atoms with Crippen LogP contribution >= 0.6 is 23.6 Å². The lowest BCUT2D eigenvalue weighted by atomic mass is 9.80. The lowest BCUT2D eigenvalue weighted by Crippen LogP contribution is -2.71. The molecule has 39 heavy (non-hydrogen) atoms. The van der Waals surface area contributed by atoms with Crippen molar-refractivity contribution in [2.24, 2.45) is 5.16 Å². The van der Waals surface area contributed by atoms with Crippen molar-refractivity contribution >= 4 is 58.1 Å². The molecule has 0 aromatic carbocycles. The number of hydrogen-bond acceptors (Lipinski definition) is 13. The third kappa shape index (κ3) is 5.31. The second-order valence-corrected chi connectivity index (χ2v) is 9.96. The number of hydrogen-bond donors (Lipinski definition) is 6. The quantitative estimate of drug-likeness (QED) is 0.0336. The number of carboxylic acid groups (broad SMARTS) is 1. The van der Waals surface area contributed by atoms with Gasteiger partial charge in [0, 0.05) is 30.8 Å². The van der Waals surface area contributed by atoms with Crippen LogP contribution in [0.5, 0.6) is 5.75 Å². The molecule has 0 bridgehead atoms. The lowest BCUT2D eigenvalue weighted by molar-refractivity contribution is -0.178. The highest BCUT2D eigenvalue weighted by molar-refractivity contribution is 7.92. The molecule has 0 radical (unpaired) electrons. The number of thiazole rings is 1. The summed E-state index contributed by atoms with van der Waals surface area (Å²) in [5, 5.41) is 38.7. The van der Waals surface area contributed by atoms with E-state index in [0.717, 1.165) is 15.6 Å². The molecule has 3 heterocycles. The largest absolute Gasteiger partial charge is 0.503 e. The fourth-order valence-electron chi connectivity index (χ4n) is 3.75. The van der Waals surface area contributed by atoms with Gasteiger partial charge in [0.15, 0.2) is 16.6 Å². The molecule has 2 aromatic rings. The molecule has 1 saturated carbocycles. The van der Waals surface area contributed by atoms with Gasteiger partial charge in [-0.15, -0.1) is 11.3 Å². The van der Waals surface area contributed by atoms with Crippen LogP contribution in [0.2, 0.25) is 0 Å². The molecule has 1 aliphatic carbocycles. The number of nitrogens with zero attached hydrogens (tertiary/aromatic N) is 4. The minimum Gasteiger partial charge on any atom is -0.503 e. The highest BCUT2D eigenvalue weighted by Crippen LogP contribution is 2.36. The van der Waals surface area contributed by atoms with E-state index in [1.807, 2.05) is 0 Å². The van der Waals surface area contributed by atoms with Crippen molar-refractivity contribution in [1.29, 1.82) is 0 Å². The van der Waals surface area contributed by atoms with Gasteiger partial charge in [0.25, 0.3) is 17.7 Å². The maximum atomic E-state index is 13.2. The lowest BCUT2D eigenvalue weighted by Gasteiger charge is -2.42. The number of aromatic hydroxyl groups is 1. The van der Waals surface area contributed by atoms with Gasteiger partial charge in [-0.25, -0.2) is 14.1 Å². The fourth-order valence-corrected chi connectivity index (χ4v) is 4.83. The zero-order chi connectivity index (χ0) is 28.5. The molecule has 1 aliphatic heterocycles. The Kier molecular flexibility index (Phi) is 7.65. The summed E-state index contributed by atoms with van der Waals surface area (Å²) in [5.74, 6) is -4.60. The first-order chi connectivity index (χ1) is 18.5. The van der Waals surface area contributed by atoms with E-state index in [2.05, 4.69) is 20.8 Å². The molecule has 2 aromatic heterocycles. The average Bonchev–Trinajstić information content (AvgIpc) is 3.28. The van der Waals surface area contributed by atoms with Gasteiger partial charge >= 0.3 is 18.2 Å². The SMILES string of the molecule is Nc1nc(/C(=N/OC2(C(=O)O)CCC2)C(=O)N[C@@H]2C(=O)N(S[OH2+])[C@@H]2CNC(=O)c2cc(=O)c(O)cn2O)cs1. The van der Waals surface area contributed by atoms with Crippen molar-refractivity contribution in [3.8, 4) is 5.75 Å². The second kappa shape index (κ2) is 10.8. The Morgan fingerprint density at radius 3 is 2.64 bits per heavy atom. The summed E-state index contributed by atoms with van der Waals surface area (Å²) in [5.41, 5.74) is 2.18. The Morgan fingerprint density at radius 1 is 1.36 bits per heavy atom. The number of aromatic nitrogens is 2. The summed E-state index contributed by atoms with van der Waals surface area (Å²) in [6.07, 6.45) is 1.59. The van der Waals surface area contributed by atoms with Crippen molar-refractivity contribution in [3.63, 3.8) is 0 Å². The van der Waals surface area contributed by atoms with Gasteiger partial charge in [0.05, 0.1) is 12.2 Å². The number of aliphatic carboxylic acids is 1. The number of carboxylic acids is 1. The Hall–Kier alpha value is -4.36. The smallest absolute Gasteiger partial charge is 0.350 e. The van der Waals surface area contributed by atoms with E-state index in [9.17, 15) is 39.4 Å². The third-order valence-electron chi connectivity index (χ3n) is 6.11. The number of carbonyl (C=O) groups excluding carboxylic acids is 3. The molecule has 1 saturated heterocycles. The standard InChI is InChI=1S/C20H21N7O10S2/c21-19-23-8(7-38-19)13(25-37-20(18(33)34)2-1-3-20)16(31)24-14-10(27(39-36)17(14)32)5-22-15(30)9-4-11(28)12(29)6-26(9)35/h4,6-7,10,14,29,35-36H,1-3,5H2,(H2,21,23)(H,22,30)(H,24,31)(H,33,34)/p+1/b25-13-/t10-,14+/m1/s1. The number of nitrogen functional groups attached to an aromatic ring is 1. The number of amides is 3. The Labute approximate surface area is 226 Å². The van der Waals surface area contributed by atoms with Crippen LogP contribution in [0.25, 0.3) is 0 Å². The van der Waals surface area contributed by atoms with E-state index in [-0.39, 0.29) is 34.9 Å². The van der Waals surface area contributed by atoms with Crippen molar-refractivity contribution in [1.82, 2.24) is 24.7 Å². The van der Waals surface area contributed by atoms with E-state index >= 15 is 0 Å². The fraction of sp³-hybridized carbons (Fsp3) is 0.350. The molecule has 2 aliphatic rings. The van der Waals surface area contributed by atoms with Crippen LogP contribution in [0.3, 0.4) is 0 Å². The molecular weight excluding hydrogens is 562 g/mol. The number of anilines is 1. The molecule has 0 unspecified atom stereocenters. The number of nitrogens with one attached hydrogen (secondary N) is 2. The minimum absolute atomic E-state index is 0.0218. The van der Waals surface area contributed by atoms with E-state index in [1.54, 1.807) is 0 Å². The normalized spacial score (nSPS) is 20.0. The first kappa shape index (κ1) is 27.7. The molecule has 4 rings (SSSR count). The van der Waals surface area contributed by atoms with Gasteiger partial charge in [-0.05, 0) is 6.42 Å². The topological polar surface area (TPSA) is 262 Å². The van der Waals surface area contributed by atoms with Gasteiger partial charge in [-0.3, -0.25) is 19.2 Å². The summed E-state index contributed by atoms with van der Waals surface area (Å²) in [4.78, 5) is 70.7. The summed E-state index contributed by atoms with van der Waals surface area (Å²) in [7, 11) is 0. The molecule has 208 valence electrons. The molecular formula is C20H22N7O10S2+. The number of oxime groups is 1. The zero-order valence-electron chi connectivity index (χ0n) is 19.7. The minimum atomic E-state index is -1.59. The first-order valence-electron chi connectivity index (χ1n) is 11.1. The van der Waals surface area contributed by atoms with Crippen LogP contribution in [0, 0.1) is 0 Å². The summed E-state index contributed by atoms with van der Waals surface area (Å²) in [6.45, 7) is -0.314. The van der Waals surface area contributed by atoms with Gasteiger partial charge in [-0.1, -0.05) is 5.16 Å². The molecule has 0 spiro atoms. The van der Waals surface area contributed by atoms with Gasteiger partial charge in [-0.2, -0.15) is 4.73 Å². The maximum absolute atomic E-state index is 13.2. The molecule has 9 N–H and O–H groups in total. The van der Waals surface area contributed by atoms with Crippen LogP contribution in [-0.4, -0.2) is 87.6 Å². The van der Waals surface area contributed by atoms with Crippen LogP contribution < -0.4 is 21.8 Å². The molecule has 17 nitrogen and oxygen atoms in total.